The Bertz CT molecular complexity index is 965. The van der Waals surface area contributed by atoms with Gasteiger partial charge in [-0.25, -0.2) is 4.39 Å². The zero-order chi connectivity index (χ0) is 19.8. The van der Waals surface area contributed by atoms with E-state index in [1.54, 1.807) is 6.26 Å². The third kappa shape index (κ3) is 4.00. The van der Waals surface area contributed by atoms with Crippen LogP contribution >= 0.6 is 11.6 Å². The van der Waals surface area contributed by atoms with Crippen LogP contribution in [0.3, 0.4) is 0 Å². The van der Waals surface area contributed by atoms with Crippen molar-refractivity contribution in [3.63, 3.8) is 0 Å². The van der Waals surface area contributed by atoms with Crippen molar-refractivity contribution < 1.29 is 8.81 Å². The van der Waals surface area contributed by atoms with Gasteiger partial charge in [0, 0.05) is 24.7 Å². The van der Waals surface area contributed by atoms with Crippen LogP contribution in [0.15, 0.2) is 53.1 Å². The first-order valence-corrected chi connectivity index (χ1v) is 10.3. The van der Waals surface area contributed by atoms with Crippen LogP contribution in [-0.4, -0.2) is 34.2 Å². The van der Waals surface area contributed by atoms with E-state index in [-0.39, 0.29) is 5.82 Å². The molecule has 1 aliphatic heterocycles. The lowest BCUT2D eigenvalue weighted by Crippen LogP contribution is -2.25. The first kappa shape index (κ1) is 18.6. The van der Waals surface area contributed by atoms with Crippen molar-refractivity contribution in [2.75, 3.05) is 18.4 Å². The zero-order valence-electron chi connectivity index (χ0n) is 15.9. The highest BCUT2D eigenvalue weighted by Gasteiger charge is 2.41. The molecule has 1 N–H and O–H groups in total. The number of benzene rings is 1. The van der Waals surface area contributed by atoms with Gasteiger partial charge in [-0.3, -0.25) is 4.90 Å². The van der Waals surface area contributed by atoms with Crippen LogP contribution in [0.2, 0.25) is 5.02 Å². The average Bonchev–Trinajstić information content (AvgIpc) is 3.42. The monoisotopic (exact) mass is 412 g/mol. The van der Waals surface area contributed by atoms with Crippen molar-refractivity contribution in [1.29, 1.82) is 0 Å². The van der Waals surface area contributed by atoms with E-state index in [1.807, 2.05) is 24.3 Å². The molecule has 1 saturated carbocycles. The fourth-order valence-electron chi connectivity index (χ4n) is 4.72. The number of aromatic nitrogens is 2. The Morgan fingerprint density at radius 3 is 2.62 bits per heavy atom. The molecule has 3 heterocycles. The molecule has 2 fully saturated rings. The van der Waals surface area contributed by atoms with E-state index in [4.69, 9.17) is 16.0 Å². The summed E-state index contributed by atoms with van der Waals surface area (Å²) in [7, 11) is 0. The van der Waals surface area contributed by atoms with Crippen LogP contribution in [0, 0.1) is 17.7 Å². The minimum Gasteiger partial charge on any atom is -0.468 e. The Morgan fingerprint density at radius 2 is 1.93 bits per heavy atom. The molecular formula is C22H22ClFN4O. The highest BCUT2D eigenvalue weighted by atomic mass is 35.5. The second kappa shape index (κ2) is 7.76. The maximum absolute atomic E-state index is 13.5. The molecule has 0 radical (unpaired) electrons. The number of rotatable bonds is 5. The van der Waals surface area contributed by atoms with Gasteiger partial charge in [0.2, 0.25) is 0 Å². The molecule has 5 rings (SSSR count). The highest BCUT2D eigenvalue weighted by molar-refractivity contribution is 6.33. The maximum Gasteiger partial charge on any atom is 0.148 e. The summed E-state index contributed by atoms with van der Waals surface area (Å²) in [6.45, 7) is 3.13. The number of halogens is 2. The number of hydrogen-bond donors (Lipinski definition) is 1. The van der Waals surface area contributed by atoms with Crippen molar-refractivity contribution in [3.05, 3.63) is 65.3 Å². The second-order valence-electron chi connectivity index (χ2n) is 8.03. The van der Waals surface area contributed by atoms with Crippen LogP contribution in [0.5, 0.6) is 0 Å². The van der Waals surface area contributed by atoms with E-state index in [9.17, 15) is 4.39 Å². The van der Waals surface area contributed by atoms with E-state index < -0.39 is 0 Å². The van der Waals surface area contributed by atoms with Gasteiger partial charge < -0.3 is 9.73 Å². The molecule has 1 saturated heterocycles. The van der Waals surface area contributed by atoms with Gasteiger partial charge in [-0.1, -0.05) is 11.6 Å². The molecule has 2 aromatic heterocycles. The van der Waals surface area contributed by atoms with Crippen molar-refractivity contribution in [2.45, 2.75) is 25.4 Å². The number of nitrogens with zero attached hydrogens (tertiary/aromatic N) is 3. The molecular weight excluding hydrogens is 391 g/mol. The van der Waals surface area contributed by atoms with Crippen LogP contribution in [-0.2, 0) is 6.54 Å². The summed E-state index contributed by atoms with van der Waals surface area (Å²) < 4.78 is 19.0. The molecule has 7 heteroatoms. The van der Waals surface area contributed by atoms with Crippen LogP contribution < -0.4 is 5.32 Å². The fourth-order valence-corrected chi connectivity index (χ4v) is 4.94. The van der Waals surface area contributed by atoms with E-state index in [2.05, 4.69) is 20.4 Å². The Kier molecular flexibility index (Phi) is 4.97. The first-order valence-electron chi connectivity index (χ1n) is 9.94. The van der Waals surface area contributed by atoms with Crippen LogP contribution in [0.4, 0.5) is 10.2 Å². The smallest absolute Gasteiger partial charge is 0.148 e. The van der Waals surface area contributed by atoms with Gasteiger partial charge >= 0.3 is 0 Å². The Balaban J connectivity index is 1.18. The number of hydrogen-bond acceptors (Lipinski definition) is 5. The molecule has 0 amide bonds. The standard InChI is InChI=1S/C22H22ClFN4O/c23-20-4-3-16(24)10-19(20)21-5-6-22(27-26-21)25-17-8-14-11-28(12-15(14)9-17)13-18-2-1-7-29-18/h1-7,10,14-15,17H,8-9,11-13H2,(H,25,27). The normalized spacial score (nSPS) is 24.0. The van der Waals surface area contributed by atoms with Gasteiger partial charge in [0.15, 0.2) is 0 Å². The number of likely N-dealkylation sites (tertiary alicyclic amines) is 1. The number of fused-ring (bicyclic) bond motifs is 1. The minimum atomic E-state index is -0.341. The fraction of sp³-hybridized carbons (Fsp3) is 0.364. The minimum absolute atomic E-state index is 0.341. The molecule has 29 heavy (non-hydrogen) atoms. The number of nitrogens with one attached hydrogen (secondary N) is 1. The van der Waals surface area contributed by atoms with Crippen molar-refractivity contribution in [2.24, 2.45) is 11.8 Å². The number of furan rings is 1. The summed E-state index contributed by atoms with van der Waals surface area (Å²) in [6, 6.07) is 12.4. The quantitative estimate of drug-likeness (QED) is 0.649. The molecule has 1 aliphatic carbocycles. The molecule has 3 aromatic rings. The lowest BCUT2D eigenvalue weighted by molar-refractivity contribution is 0.274. The summed E-state index contributed by atoms with van der Waals surface area (Å²) in [5, 5.41) is 12.5. The van der Waals surface area contributed by atoms with E-state index in [1.165, 1.54) is 18.2 Å². The van der Waals surface area contributed by atoms with Crippen LogP contribution in [0.25, 0.3) is 11.3 Å². The zero-order valence-corrected chi connectivity index (χ0v) is 16.6. The summed E-state index contributed by atoms with van der Waals surface area (Å²) in [4.78, 5) is 2.49. The summed E-state index contributed by atoms with van der Waals surface area (Å²) in [6.07, 6.45) is 4.01. The molecule has 1 aromatic carbocycles. The van der Waals surface area contributed by atoms with Gasteiger partial charge in [0.1, 0.15) is 17.4 Å². The van der Waals surface area contributed by atoms with Crippen molar-refractivity contribution >= 4 is 17.4 Å². The van der Waals surface area contributed by atoms with Gasteiger partial charge in [-0.15, -0.1) is 10.2 Å². The molecule has 2 unspecified atom stereocenters. The summed E-state index contributed by atoms with van der Waals surface area (Å²) in [5.74, 6) is 2.86. The maximum atomic E-state index is 13.5. The lowest BCUT2D eigenvalue weighted by atomic mass is 10.0. The SMILES string of the molecule is Fc1ccc(Cl)c(-c2ccc(NC3CC4CN(Cc5ccco5)CC4C3)nn2)c1. The highest BCUT2D eigenvalue weighted by Crippen LogP contribution is 2.39. The second-order valence-corrected chi connectivity index (χ2v) is 8.44. The predicted molar refractivity (Wildman–Crippen MR) is 110 cm³/mol. The molecule has 2 aliphatic rings. The molecule has 150 valence electrons. The van der Waals surface area contributed by atoms with Crippen molar-refractivity contribution in [1.82, 2.24) is 15.1 Å². The average molecular weight is 413 g/mol. The Morgan fingerprint density at radius 1 is 1.10 bits per heavy atom. The lowest BCUT2D eigenvalue weighted by Gasteiger charge is -2.19. The summed E-state index contributed by atoms with van der Waals surface area (Å²) in [5.41, 5.74) is 1.12. The number of anilines is 1. The van der Waals surface area contributed by atoms with Gasteiger partial charge in [-0.2, -0.15) is 0 Å². The van der Waals surface area contributed by atoms with Crippen LogP contribution in [0.1, 0.15) is 18.6 Å². The molecule has 0 bridgehead atoms. The van der Waals surface area contributed by atoms with Crippen molar-refractivity contribution in [3.8, 4) is 11.3 Å². The molecule has 5 nitrogen and oxygen atoms in total. The van der Waals surface area contributed by atoms with E-state index in [0.29, 0.717) is 34.2 Å². The largest absolute Gasteiger partial charge is 0.468 e. The van der Waals surface area contributed by atoms with Gasteiger partial charge in [-0.05, 0) is 67.1 Å². The third-order valence-corrected chi connectivity index (χ3v) is 6.34. The van der Waals surface area contributed by atoms with Gasteiger partial charge in [0.05, 0.1) is 23.5 Å². The molecule has 2 atom stereocenters. The first-order chi connectivity index (χ1) is 14.1. The topological polar surface area (TPSA) is 54.2 Å². The van der Waals surface area contributed by atoms with E-state index in [0.717, 1.165) is 44.1 Å². The third-order valence-electron chi connectivity index (χ3n) is 6.01. The van der Waals surface area contributed by atoms with Gasteiger partial charge in [0.25, 0.3) is 0 Å². The predicted octanol–water partition coefficient (Wildman–Crippen LogP) is 4.85. The summed E-state index contributed by atoms with van der Waals surface area (Å²) >= 11 is 6.16. The molecule has 0 spiro atoms. The van der Waals surface area contributed by atoms with E-state index >= 15 is 0 Å². The Hall–Kier alpha value is -2.44. The Labute approximate surface area is 173 Å².